The third kappa shape index (κ3) is 5.36. The minimum absolute atomic E-state index is 0.0657. The molecule has 0 aromatic carbocycles. The van der Waals surface area contributed by atoms with Crippen molar-refractivity contribution in [2.45, 2.75) is 54.1 Å². The average Bonchev–Trinajstić information content (AvgIpc) is 2.46. The zero-order chi connectivity index (χ0) is 15.8. The monoisotopic (exact) mass is 295 g/mol. The van der Waals surface area contributed by atoms with Crippen LogP contribution in [0.15, 0.2) is 0 Å². The zero-order valence-electron chi connectivity index (χ0n) is 14.2. The molecule has 0 aliphatic rings. The summed E-state index contributed by atoms with van der Waals surface area (Å²) in [6.07, 6.45) is 1.08. The van der Waals surface area contributed by atoms with Crippen LogP contribution in [0.1, 0.15) is 48.0 Å². The lowest BCUT2D eigenvalue weighted by molar-refractivity contribution is 0.156. The molecule has 120 valence electrons. The molecular weight excluding hydrogens is 266 g/mol. The Balaban J connectivity index is 3.02. The standard InChI is InChI=1S/C15H29N5O/c1-7-10-16-13-17-14(20(8-2)9-3)19-15(18-13)21-12(6)11(4)5/h11-12H,7-10H2,1-6H3,(H,16,17,18,19). The number of nitrogens with one attached hydrogen (secondary N) is 1. The summed E-state index contributed by atoms with van der Waals surface area (Å²) in [6.45, 7) is 15.1. The van der Waals surface area contributed by atoms with Gasteiger partial charge in [-0.1, -0.05) is 20.8 Å². The van der Waals surface area contributed by atoms with Gasteiger partial charge in [-0.2, -0.15) is 15.0 Å². The summed E-state index contributed by atoms with van der Waals surface area (Å²) in [7, 11) is 0. The Kier molecular flexibility index (Phi) is 7.19. The molecule has 6 heteroatoms. The van der Waals surface area contributed by atoms with E-state index in [0.29, 0.717) is 23.8 Å². The zero-order valence-corrected chi connectivity index (χ0v) is 14.2. The first kappa shape index (κ1) is 17.5. The smallest absolute Gasteiger partial charge is 0.323 e. The molecule has 0 saturated carbocycles. The second-order valence-electron chi connectivity index (χ2n) is 5.41. The van der Waals surface area contributed by atoms with Gasteiger partial charge in [0.15, 0.2) is 0 Å². The average molecular weight is 295 g/mol. The summed E-state index contributed by atoms with van der Waals surface area (Å²) in [5, 5.41) is 3.21. The fourth-order valence-corrected chi connectivity index (χ4v) is 1.66. The molecule has 0 amide bonds. The fraction of sp³-hybridized carbons (Fsp3) is 0.800. The Morgan fingerprint density at radius 1 is 1.05 bits per heavy atom. The summed E-state index contributed by atoms with van der Waals surface area (Å²) in [5.41, 5.74) is 0. The summed E-state index contributed by atoms with van der Waals surface area (Å²) in [4.78, 5) is 15.4. The molecule has 0 radical (unpaired) electrons. The van der Waals surface area contributed by atoms with Crippen LogP contribution in [0.3, 0.4) is 0 Å². The first-order chi connectivity index (χ1) is 10.0. The van der Waals surface area contributed by atoms with Gasteiger partial charge in [0.2, 0.25) is 11.9 Å². The van der Waals surface area contributed by atoms with E-state index >= 15 is 0 Å². The summed E-state index contributed by atoms with van der Waals surface area (Å²) in [6, 6.07) is 0.395. The lowest BCUT2D eigenvalue weighted by Crippen LogP contribution is -2.26. The van der Waals surface area contributed by atoms with Crippen molar-refractivity contribution in [3.05, 3.63) is 0 Å². The van der Waals surface area contributed by atoms with Gasteiger partial charge in [-0.3, -0.25) is 0 Å². The van der Waals surface area contributed by atoms with Crippen molar-refractivity contribution in [3.63, 3.8) is 0 Å². The van der Waals surface area contributed by atoms with E-state index < -0.39 is 0 Å². The molecule has 0 aliphatic carbocycles. The molecule has 6 nitrogen and oxygen atoms in total. The molecule has 1 N–H and O–H groups in total. The van der Waals surface area contributed by atoms with E-state index in [-0.39, 0.29) is 6.10 Å². The number of nitrogens with zero attached hydrogens (tertiary/aromatic N) is 4. The van der Waals surface area contributed by atoms with Crippen molar-refractivity contribution in [2.75, 3.05) is 29.9 Å². The molecule has 1 unspecified atom stereocenters. The van der Waals surface area contributed by atoms with E-state index in [1.165, 1.54) is 0 Å². The maximum Gasteiger partial charge on any atom is 0.323 e. The predicted octanol–water partition coefficient (Wildman–Crippen LogP) is 2.96. The van der Waals surface area contributed by atoms with Crippen LogP contribution in [0.4, 0.5) is 11.9 Å². The molecule has 0 bridgehead atoms. The Bertz CT molecular complexity index is 421. The fourth-order valence-electron chi connectivity index (χ4n) is 1.66. The minimum Gasteiger partial charge on any atom is -0.460 e. The number of rotatable bonds is 9. The molecule has 0 aliphatic heterocycles. The van der Waals surface area contributed by atoms with Gasteiger partial charge in [-0.05, 0) is 33.1 Å². The number of anilines is 2. The Morgan fingerprint density at radius 3 is 2.24 bits per heavy atom. The second-order valence-corrected chi connectivity index (χ2v) is 5.41. The van der Waals surface area contributed by atoms with Crippen molar-refractivity contribution in [3.8, 4) is 6.01 Å². The van der Waals surface area contributed by atoms with Crippen molar-refractivity contribution in [1.82, 2.24) is 15.0 Å². The Labute approximate surface area is 128 Å². The van der Waals surface area contributed by atoms with E-state index in [4.69, 9.17) is 4.74 Å². The lowest BCUT2D eigenvalue weighted by atomic mass is 10.1. The number of hydrogen-bond acceptors (Lipinski definition) is 6. The van der Waals surface area contributed by atoms with E-state index in [2.05, 4.69) is 59.8 Å². The molecule has 1 aromatic heterocycles. The molecule has 1 aromatic rings. The first-order valence-corrected chi connectivity index (χ1v) is 7.93. The van der Waals surface area contributed by atoms with Crippen LogP contribution in [0, 0.1) is 5.92 Å². The Hall–Kier alpha value is -1.59. The van der Waals surface area contributed by atoms with Crippen molar-refractivity contribution >= 4 is 11.9 Å². The highest BCUT2D eigenvalue weighted by Gasteiger charge is 2.15. The van der Waals surface area contributed by atoms with Crippen LogP contribution in [0.2, 0.25) is 0 Å². The summed E-state index contributed by atoms with van der Waals surface area (Å²) < 4.78 is 5.85. The maximum atomic E-state index is 5.85. The third-order valence-electron chi connectivity index (χ3n) is 3.41. The van der Waals surface area contributed by atoms with Crippen LogP contribution in [0.25, 0.3) is 0 Å². The van der Waals surface area contributed by atoms with Gasteiger partial charge in [0, 0.05) is 19.6 Å². The molecule has 1 atom stereocenters. The molecule has 0 saturated heterocycles. The molecular formula is C15H29N5O. The van der Waals surface area contributed by atoms with Gasteiger partial charge in [-0.15, -0.1) is 0 Å². The number of ether oxygens (including phenoxy) is 1. The molecule has 21 heavy (non-hydrogen) atoms. The van der Waals surface area contributed by atoms with Crippen LogP contribution < -0.4 is 15.0 Å². The SMILES string of the molecule is CCCNc1nc(OC(C)C(C)C)nc(N(CC)CC)n1. The molecule has 0 fully saturated rings. The summed E-state index contributed by atoms with van der Waals surface area (Å²) >= 11 is 0. The largest absolute Gasteiger partial charge is 0.460 e. The Morgan fingerprint density at radius 2 is 1.71 bits per heavy atom. The van der Waals surface area contributed by atoms with Gasteiger partial charge in [-0.25, -0.2) is 0 Å². The van der Waals surface area contributed by atoms with Crippen LogP contribution in [-0.4, -0.2) is 40.7 Å². The van der Waals surface area contributed by atoms with Crippen LogP contribution in [-0.2, 0) is 0 Å². The van der Waals surface area contributed by atoms with E-state index in [9.17, 15) is 0 Å². The first-order valence-electron chi connectivity index (χ1n) is 7.93. The highest BCUT2D eigenvalue weighted by Crippen LogP contribution is 2.17. The minimum atomic E-state index is 0.0657. The summed E-state index contributed by atoms with van der Waals surface area (Å²) in [5.74, 6) is 1.66. The predicted molar refractivity (Wildman–Crippen MR) is 87.1 cm³/mol. The van der Waals surface area contributed by atoms with Gasteiger partial charge in [0.1, 0.15) is 6.10 Å². The lowest BCUT2D eigenvalue weighted by Gasteiger charge is -2.21. The third-order valence-corrected chi connectivity index (χ3v) is 3.41. The van der Waals surface area contributed by atoms with Gasteiger partial charge < -0.3 is 15.0 Å². The number of hydrogen-bond donors (Lipinski definition) is 1. The van der Waals surface area contributed by atoms with E-state index in [0.717, 1.165) is 26.1 Å². The molecule has 1 rings (SSSR count). The van der Waals surface area contributed by atoms with Crippen molar-refractivity contribution < 1.29 is 4.74 Å². The van der Waals surface area contributed by atoms with E-state index in [1.54, 1.807) is 0 Å². The topological polar surface area (TPSA) is 63.2 Å². The van der Waals surface area contributed by atoms with Gasteiger partial charge in [0.05, 0.1) is 0 Å². The van der Waals surface area contributed by atoms with Crippen LogP contribution in [0.5, 0.6) is 6.01 Å². The molecule has 1 heterocycles. The van der Waals surface area contributed by atoms with Gasteiger partial charge >= 0.3 is 6.01 Å². The number of aromatic nitrogens is 3. The highest BCUT2D eigenvalue weighted by atomic mass is 16.5. The van der Waals surface area contributed by atoms with Gasteiger partial charge in [0.25, 0.3) is 0 Å². The van der Waals surface area contributed by atoms with Crippen LogP contribution >= 0.6 is 0 Å². The molecule has 0 spiro atoms. The second kappa shape index (κ2) is 8.64. The van der Waals surface area contributed by atoms with Crippen molar-refractivity contribution in [2.24, 2.45) is 5.92 Å². The van der Waals surface area contributed by atoms with Crippen molar-refractivity contribution in [1.29, 1.82) is 0 Å². The maximum absolute atomic E-state index is 5.85. The van der Waals surface area contributed by atoms with E-state index in [1.807, 2.05) is 6.92 Å². The quantitative estimate of drug-likeness (QED) is 0.755. The highest BCUT2D eigenvalue weighted by molar-refractivity contribution is 5.38. The normalized spacial score (nSPS) is 12.3.